The van der Waals surface area contributed by atoms with Crippen LogP contribution in [0.5, 0.6) is 5.75 Å². The Bertz CT molecular complexity index is 1400. The average Bonchev–Trinajstić information content (AvgIpc) is 3.40. The van der Waals surface area contributed by atoms with Gasteiger partial charge in [0.2, 0.25) is 0 Å². The van der Waals surface area contributed by atoms with Crippen molar-refractivity contribution in [1.82, 2.24) is 19.7 Å². The van der Waals surface area contributed by atoms with Crippen LogP contribution in [-0.2, 0) is 4.79 Å². The van der Waals surface area contributed by atoms with Crippen molar-refractivity contribution >= 4 is 28.0 Å². The second kappa shape index (κ2) is 8.09. The maximum atomic E-state index is 14.2. The SMILES string of the molecule is COc1cc(-n2c(C(C)C)c(C3CCC(O)(C(=O)O)CC3)c3nc4[nH]ncc4cc32)ccc1F. The molecule has 3 aromatic heterocycles. The highest BCUT2D eigenvalue weighted by Gasteiger charge is 2.42. The lowest BCUT2D eigenvalue weighted by Crippen LogP contribution is -2.41. The van der Waals surface area contributed by atoms with Crippen LogP contribution in [0.3, 0.4) is 0 Å². The molecule has 1 aromatic carbocycles. The zero-order chi connectivity index (χ0) is 24.2. The number of nitrogens with zero attached hydrogens (tertiary/aromatic N) is 3. The minimum atomic E-state index is -1.69. The first-order valence-corrected chi connectivity index (χ1v) is 11.4. The quantitative estimate of drug-likeness (QED) is 0.395. The van der Waals surface area contributed by atoms with Gasteiger partial charge in [-0.3, -0.25) is 5.10 Å². The summed E-state index contributed by atoms with van der Waals surface area (Å²) in [6, 6.07) is 6.80. The molecule has 0 radical (unpaired) electrons. The van der Waals surface area contributed by atoms with E-state index in [1.165, 1.54) is 13.2 Å². The number of hydrogen-bond acceptors (Lipinski definition) is 5. The molecule has 9 heteroatoms. The number of carboxylic acid groups (broad SMARTS) is 1. The number of fused-ring (bicyclic) bond motifs is 2. The first-order valence-electron chi connectivity index (χ1n) is 11.4. The fourth-order valence-electron chi connectivity index (χ4n) is 5.24. The number of ether oxygens (including phenoxy) is 1. The summed E-state index contributed by atoms with van der Waals surface area (Å²) < 4.78 is 21.6. The molecule has 5 rings (SSSR count). The molecular formula is C25H27FN4O4. The topological polar surface area (TPSA) is 113 Å². The van der Waals surface area contributed by atoms with E-state index in [-0.39, 0.29) is 30.4 Å². The molecule has 1 fully saturated rings. The summed E-state index contributed by atoms with van der Waals surface area (Å²) in [6.07, 6.45) is 3.11. The number of aliphatic carboxylic acids is 1. The number of carbonyl (C=O) groups is 1. The molecule has 1 aliphatic carbocycles. The molecule has 3 N–H and O–H groups in total. The first-order chi connectivity index (χ1) is 16.2. The zero-order valence-electron chi connectivity index (χ0n) is 19.3. The summed E-state index contributed by atoms with van der Waals surface area (Å²) in [5.41, 5.74) is 3.45. The summed E-state index contributed by atoms with van der Waals surface area (Å²) in [5, 5.41) is 27.9. The van der Waals surface area contributed by atoms with Gasteiger partial charge in [-0.25, -0.2) is 14.2 Å². The van der Waals surface area contributed by atoms with Gasteiger partial charge in [-0.2, -0.15) is 5.10 Å². The number of pyridine rings is 1. The Morgan fingerprint density at radius 2 is 2.03 bits per heavy atom. The summed E-state index contributed by atoms with van der Waals surface area (Å²) in [6.45, 7) is 4.19. The van der Waals surface area contributed by atoms with E-state index in [1.807, 2.05) is 6.07 Å². The Morgan fingerprint density at radius 3 is 2.68 bits per heavy atom. The molecule has 34 heavy (non-hydrogen) atoms. The van der Waals surface area contributed by atoms with Crippen molar-refractivity contribution in [2.24, 2.45) is 0 Å². The van der Waals surface area contributed by atoms with E-state index in [2.05, 4.69) is 28.6 Å². The average molecular weight is 467 g/mol. The van der Waals surface area contributed by atoms with E-state index < -0.39 is 17.4 Å². The molecule has 0 aliphatic heterocycles. The number of aromatic nitrogens is 4. The van der Waals surface area contributed by atoms with Gasteiger partial charge in [0.15, 0.2) is 22.8 Å². The number of carboxylic acids is 1. The third-order valence-electron chi connectivity index (χ3n) is 6.98. The normalized spacial score (nSPS) is 20.9. The fraction of sp³-hybridized carbons (Fsp3) is 0.400. The van der Waals surface area contributed by atoms with Crippen molar-refractivity contribution in [2.45, 2.75) is 57.0 Å². The van der Waals surface area contributed by atoms with Crippen LogP contribution in [0.4, 0.5) is 4.39 Å². The minimum Gasteiger partial charge on any atom is -0.494 e. The van der Waals surface area contributed by atoms with E-state index in [0.29, 0.717) is 18.5 Å². The summed E-state index contributed by atoms with van der Waals surface area (Å²) in [7, 11) is 1.44. The van der Waals surface area contributed by atoms with Crippen LogP contribution >= 0.6 is 0 Å². The molecule has 0 saturated heterocycles. The molecule has 8 nitrogen and oxygen atoms in total. The largest absolute Gasteiger partial charge is 0.494 e. The number of H-pyrrole nitrogens is 1. The van der Waals surface area contributed by atoms with Gasteiger partial charge in [-0.15, -0.1) is 0 Å². The molecule has 0 bridgehead atoms. The van der Waals surface area contributed by atoms with Crippen LogP contribution in [-0.4, -0.2) is 48.6 Å². The van der Waals surface area contributed by atoms with E-state index in [1.54, 1.807) is 18.3 Å². The van der Waals surface area contributed by atoms with Gasteiger partial charge in [0.05, 0.1) is 24.3 Å². The van der Waals surface area contributed by atoms with Gasteiger partial charge < -0.3 is 19.5 Å². The monoisotopic (exact) mass is 466 g/mol. The van der Waals surface area contributed by atoms with Crippen molar-refractivity contribution in [3.8, 4) is 11.4 Å². The summed E-state index contributed by atoms with van der Waals surface area (Å²) in [4.78, 5) is 16.5. The van der Waals surface area contributed by atoms with Crippen molar-refractivity contribution in [2.75, 3.05) is 7.11 Å². The standard InChI is InChI=1S/C25H27FN4O4/c1-13(2)22-20(14-6-8-25(33,9-7-14)24(31)32)21-18(10-15-12-27-29-23(15)28-21)30(22)16-4-5-17(26)19(11-16)34-3/h4-5,10-14,33H,6-9H2,1-3H3,(H,31,32)(H,27,28,29). The fourth-order valence-corrected chi connectivity index (χ4v) is 5.24. The minimum absolute atomic E-state index is 0.0241. The van der Waals surface area contributed by atoms with Gasteiger partial charge in [0, 0.05) is 28.4 Å². The van der Waals surface area contributed by atoms with Crippen LogP contribution in [0.1, 0.15) is 62.6 Å². The predicted octanol–water partition coefficient (Wildman–Crippen LogP) is 4.65. The predicted molar refractivity (Wildman–Crippen MR) is 125 cm³/mol. The molecule has 1 saturated carbocycles. The van der Waals surface area contributed by atoms with Gasteiger partial charge in [0.25, 0.3) is 0 Å². The summed E-state index contributed by atoms with van der Waals surface area (Å²) >= 11 is 0. The number of nitrogens with one attached hydrogen (secondary N) is 1. The van der Waals surface area contributed by atoms with E-state index >= 15 is 0 Å². The van der Waals surface area contributed by atoms with Crippen LogP contribution in [0.15, 0.2) is 30.5 Å². The van der Waals surface area contributed by atoms with Crippen LogP contribution < -0.4 is 4.74 Å². The number of halogens is 1. The third-order valence-corrected chi connectivity index (χ3v) is 6.98. The number of benzene rings is 1. The van der Waals surface area contributed by atoms with E-state index in [4.69, 9.17) is 9.72 Å². The smallest absolute Gasteiger partial charge is 0.335 e. The number of aliphatic hydroxyl groups is 1. The molecule has 0 spiro atoms. The van der Waals surface area contributed by atoms with Crippen LogP contribution in [0.25, 0.3) is 27.8 Å². The Balaban J connectivity index is 1.77. The highest BCUT2D eigenvalue weighted by Crippen LogP contribution is 2.46. The van der Waals surface area contributed by atoms with Crippen molar-refractivity contribution in [3.63, 3.8) is 0 Å². The molecule has 178 valence electrons. The molecule has 0 unspecified atom stereocenters. The maximum Gasteiger partial charge on any atom is 0.335 e. The van der Waals surface area contributed by atoms with Crippen molar-refractivity contribution < 1.29 is 24.1 Å². The second-order valence-corrected chi connectivity index (χ2v) is 9.38. The molecule has 0 amide bonds. The number of aromatic amines is 1. The van der Waals surface area contributed by atoms with Gasteiger partial charge in [0.1, 0.15) is 0 Å². The Morgan fingerprint density at radius 1 is 1.29 bits per heavy atom. The van der Waals surface area contributed by atoms with E-state index in [9.17, 15) is 19.4 Å². The lowest BCUT2D eigenvalue weighted by molar-refractivity contribution is -0.162. The first kappa shape index (κ1) is 22.3. The van der Waals surface area contributed by atoms with Gasteiger partial charge >= 0.3 is 5.97 Å². The van der Waals surface area contributed by atoms with Crippen molar-refractivity contribution in [1.29, 1.82) is 0 Å². The van der Waals surface area contributed by atoms with Gasteiger partial charge in [-0.05, 0) is 55.7 Å². The molecule has 1 aliphatic rings. The second-order valence-electron chi connectivity index (χ2n) is 9.38. The number of hydrogen-bond donors (Lipinski definition) is 3. The number of rotatable bonds is 5. The van der Waals surface area contributed by atoms with Crippen LogP contribution in [0.2, 0.25) is 0 Å². The van der Waals surface area contributed by atoms with Crippen molar-refractivity contribution in [3.05, 3.63) is 47.5 Å². The lowest BCUT2D eigenvalue weighted by atomic mass is 9.75. The lowest BCUT2D eigenvalue weighted by Gasteiger charge is -2.33. The molecular weight excluding hydrogens is 439 g/mol. The Labute approximate surface area is 195 Å². The highest BCUT2D eigenvalue weighted by atomic mass is 19.1. The Kier molecular flexibility index (Phi) is 5.31. The molecule has 4 aromatic rings. The van der Waals surface area contributed by atoms with E-state index in [0.717, 1.165) is 33.4 Å². The highest BCUT2D eigenvalue weighted by molar-refractivity contribution is 5.93. The van der Waals surface area contributed by atoms with Crippen LogP contribution in [0, 0.1) is 5.82 Å². The molecule has 0 atom stereocenters. The third kappa shape index (κ3) is 3.42. The van der Waals surface area contributed by atoms with Gasteiger partial charge in [-0.1, -0.05) is 13.8 Å². The zero-order valence-corrected chi connectivity index (χ0v) is 19.3. The molecule has 3 heterocycles. The summed E-state index contributed by atoms with van der Waals surface area (Å²) in [5.74, 6) is -1.34. The maximum absolute atomic E-state index is 14.2. The number of methoxy groups -OCH3 is 1. The Hall–Kier alpha value is -3.46.